The van der Waals surface area contributed by atoms with Gasteiger partial charge in [0.15, 0.2) is 0 Å². The summed E-state index contributed by atoms with van der Waals surface area (Å²) in [5, 5.41) is 0. The molecule has 0 aliphatic carbocycles. The van der Waals surface area contributed by atoms with Crippen molar-refractivity contribution in [1.29, 1.82) is 0 Å². The topological polar surface area (TPSA) is 0 Å². The van der Waals surface area contributed by atoms with Crippen LogP contribution in [-0.4, -0.2) is 0 Å². The van der Waals surface area contributed by atoms with Crippen LogP contribution in [0.2, 0.25) is 15.7 Å². The van der Waals surface area contributed by atoms with Crippen LogP contribution in [0.4, 0.5) is 0 Å². The molecule has 0 amide bonds. The predicted molar refractivity (Wildman–Crippen MR) is 65.0 cm³/mol. The van der Waals surface area contributed by atoms with Gasteiger partial charge in [-0.25, -0.2) is 0 Å². The van der Waals surface area contributed by atoms with Gasteiger partial charge in [0.05, 0.1) is 0 Å². The Bertz CT molecular complexity index is 127. The van der Waals surface area contributed by atoms with E-state index in [1.165, 1.54) is 19.3 Å². The molecular formula is C13H30Hf. The van der Waals surface area contributed by atoms with Crippen molar-refractivity contribution in [2.24, 2.45) is 0 Å². The fourth-order valence-corrected chi connectivity index (χ4v) is 24.0. The second kappa shape index (κ2) is 6.45. The summed E-state index contributed by atoms with van der Waals surface area (Å²) in [7, 11) is 0. The average Bonchev–Trinajstić information content (AvgIpc) is 2.03. The van der Waals surface area contributed by atoms with Crippen molar-refractivity contribution in [3.63, 3.8) is 0 Å². The summed E-state index contributed by atoms with van der Waals surface area (Å²) >= 11 is -1.95. The second-order valence-corrected chi connectivity index (χ2v) is 25.8. The molecule has 0 aromatic carbocycles. The maximum atomic E-state index is 2.52. The monoisotopic (exact) mass is 366 g/mol. The zero-order valence-electron chi connectivity index (χ0n) is 11.2. The minimum absolute atomic E-state index is 0.690. The van der Waals surface area contributed by atoms with Crippen LogP contribution in [0.5, 0.6) is 0 Å². The molecule has 0 N–H and O–H groups in total. The summed E-state index contributed by atoms with van der Waals surface area (Å²) in [6, 6.07) is 0. The summed E-state index contributed by atoms with van der Waals surface area (Å²) in [5.41, 5.74) is 0. The molecule has 14 heavy (non-hydrogen) atoms. The third kappa shape index (κ3) is 3.79. The molecule has 0 aromatic rings. The first-order chi connectivity index (χ1) is 6.43. The van der Waals surface area contributed by atoms with Gasteiger partial charge in [-0.3, -0.25) is 0 Å². The van der Waals surface area contributed by atoms with Crippen molar-refractivity contribution < 1.29 is 20.0 Å². The molecule has 0 saturated carbocycles. The Kier molecular flexibility index (Phi) is 6.85. The third-order valence-electron chi connectivity index (χ3n) is 3.78. The molecule has 0 spiro atoms. The van der Waals surface area contributed by atoms with E-state index in [2.05, 4.69) is 41.5 Å². The number of rotatable bonds is 6. The van der Waals surface area contributed by atoms with Crippen LogP contribution in [0, 0.1) is 0 Å². The summed E-state index contributed by atoms with van der Waals surface area (Å²) < 4.78 is 5.56. The van der Waals surface area contributed by atoms with Crippen molar-refractivity contribution in [3.8, 4) is 0 Å². The van der Waals surface area contributed by atoms with Crippen LogP contribution in [0.25, 0.3) is 0 Å². The first-order valence-electron chi connectivity index (χ1n) is 6.43. The van der Waals surface area contributed by atoms with Gasteiger partial charge >= 0.3 is 96.5 Å². The van der Waals surface area contributed by atoms with Crippen LogP contribution >= 0.6 is 0 Å². The van der Waals surface area contributed by atoms with Crippen LogP contribution in [0.15, 0.2) is 0 Å². The van der Waals surface area contributed by atoms with Gasteiger partial charge < -0.3 is 0 Å². The Morgan fingerprint density at radius 1 is 0.714 bits per heavy atom. The van der Waals surface area contributed by atoms with E-state index in [0.29, 0.717) is 3.17 Å². The third-order valence-corrected chi connectivity index (χ3v) is 30.9. The SMILES string of the molecule is CC[CH2][Hf]([CH2]CC)([CH2]CC)[C](C)(C)C. The van der Waals surface area contributed by atoms with E-state index < -0.39 is 20.0 Å². The quantitative estimate of drug-likeness (QED) is 0.519. The second-order valence-electron chi connectivity index (χ2n) is 5.78. The first kappa shape index (κ1) is 14.9. The zero-order valence-corrected chi connectivity index (χ0v) is 14.8. The van der Waals surface area contributed by atoms with E-state index in [-0.39, 0.29) is 0 Å². The van der Waals surface area contributed by atoms with E-state index in [4.69, 9.17) is 0 Å². The zero-order chi connectivity index (χ0) is 11.2. The predicted octanol–water partition coefficient (Wildman–Crippen LogP) is 5.84. The molecule has 0 unspecified atom stereocenters. The Hall–Kier alpha value is 0.870. The molecule has 0 heterocycles. The van der Waals surface area contributed by atoms with Crippen LogP contribution in [-0.2, 0) is 20.0 Å². The molecule has 0 nitrogen and oxygen atoms in total. The van der Waals surface area contributed by atoms with E-state index in [1.54, 1.807) is 12.5 Å². The Morgan fingerprint density at radius 3 is 1.14 bits per heavy atom. The van der Waals surface area contributed by atoms with Gasteiger partial charge in [0.1, 0.15) is 0 Å². The van der Waals surface area contributed by atoms with Crippen molar-refractivity contribution in [1.82, 2.24) is 0 Å². The van der Waals surface area contributed by atoms with Crippen molar-refractivity contribution >= 4 is 0 Å². The van der Waals surface area contributed by atoms with Gasteiger partial charge in [-0.2, -0.15) is 0 Å². The van der Waals surface area contributed by atoms with Gasteiger partial charge in [-0.05, 0) is 0 Å². The van der Waals surface area contributed by atoms with E-state index in [0.717, 1.165) is 0 Å². The van der Waals surface area contributed by atoms with Crippen molar-refractivity contribution in [2.45, 2.75) is 76.5 Å². The molecule has 0 aliphatic heterocycles. The van der Waals surface area contributed by atoms with Crippen molar-refractivity contribution in [3.05, 3.63) is 0 Å². The maximum absolute atomic E-state index is 2.52. The van der Waals surface area contributed by atoms with Gasteiger partial charge in [0, 0.05) is 0 Å². The van der Waals surface area contributed by atoms with E-state index >= 15 is 0 Å². The van der Waals surface area contributed by atoms with E-state index in [1.807, 2.05) is 0 Å². The van der Waals surface area contributed by atoms with Gasteiger partial charge in [0.2, 0.25) is 0 Å². The number of hydrogen-bond acceptors (Lipinski definition) is 0. The minimum atomic E-state index is -1.95. The summed E-state index contributed by atoms with van der Waals surface area (Å²) in [6.07, 6.45) is 4.29. The molecule has 0 fully saturated rings. The average molecular weight is 365 g/mol. The van der Waals surface area contributed by atoms with Gasteiger partial charge in [-0.15, -0.1) is 0 Å². The van der Waals surface area contributed by atoms with Crippen LogP contribution in [0.1, 0.15) is 60.8 Å². The molecule has 0 rings (SSSR count). The molecule has 0 aliphatic rings. The Morgan fingerprint density at radius 2 is 1.00 bits per heavy atom. The van der Waals surface area contributed by atoms with Gasteiger partial charge in [0.25, 0.3) is 0 Å². The fraction of sp³-hybridized carbons (Fsp3) is 1.00. The fourth-order valence-electron chi connectivity index (χ4n) is 2.94. The number of hydrogen-bond donors (Lipinski definition) is 0. The van der Waals surface area contributed by atoms with Crippen molar-refractivity contribution in [2.75, 3.05) is 0 Å². The molecule has 0 atom stereocenters. The summed E-state index contributed by atoms with van der Waals surface area (Å²) in [5.74, 6) is 0. The summed E-state index contributed by atoms with van der Waals surface area (Å²) in [4.78, 5) is 0. The molecule has 1 heteroatoms. The van der Waals surface area contributed by atoms with Crippen LogP contribution in [0.3, 0.4) is 0 Å². The Balaban J connectivity index is 4.73. The first-order valence-corrected chi connectivity index (χ1v) is 15.8. The van der Waals surface area contributed by atoms with Crippen LogP contribution < -0.4 is 0 Å². The molecule has 0 radical (unpaired) electrons. The Labute approximate surface area is 96.2 Å². The molecule has 0 bridgehead atoms. The van der Waals surface area contributed by atoms with E-state index in [9.17, 15) is 0 Å². The molecular weight excluding hydrogens is 335 g/mol. The summed E-state index contributed by atoms with van der Waals surface area (Å²) in [6.45, 7) is 14.7. The molecule has 86 valence electrons. The standard InChI is InChI=1S/C4H9.3C3H7.Hf/c1-4(2)3;3*1-3-2;/h1-3H3;3*1,3H2,2H3;. The molecule has 0 aromatic heterocycles. The van der Waals surface area contributed by atoms with Gasteiger partial charge in [-0.1, -0.05) is 0 Å². The normalized spacial score (nSPS) is 13.3. The molecule has 0 saturated heterocycles.